The summed E-state index contributed by atoms with van der Waals surface area (Å²) < 4.78 is 11.5. The highest BCUT2D eigenvalue weighted by Gasteiger charge is 2.25. The fourth-order valence-corrected chi connectivity index (χ4v) is 2.03. The first kappa shape index (κ1) is 13.5. The fraction of sp³-hybridized carbons (Fsp3) is 0.312. The molecule has 0 saturated heterocycles. The van der Waals surface area contributed by atoms with Crippen LogP contribution in [-0.2, 0) is 4.74 Å². The molecule has 0 saturated carbocycles. The second-order valence-electron chi connectivity index (χ2n) is 5.20. The third-order valence-electron chi connectivity index (χ3n) is 3.29. The minimum absolute atomic E-state index is 0.187. The Morgan fingerprint density at radius 1 is 1.24 bits per heavy atom. The standard InChI is InChI=1S/C16H17N3O2/c1-11(2)14-10-20-16(19-14)13-6-4-8-18-15(13)21-12-5-3-7-17-9-12/h3-9,11,14H,10H2,1-2H3/t14-/m0/s1. The molecule has 3 rings (SSSR count). The van der Waals surface area contributed by atoms with Gasteiger partial charge in [-0.15, -0.1) is 0 Å². The highest BCUT2D eigenvalue weighted by atomic mass is 16.5. The van der Waals surface area contributed by atoms with Crippen molar-refractivity contribution in [1.29, 1.82) is 0 Å². The number of hydrogen-bond acceptors (Lipinski definition) is 5. The molecule has 108 valence electrons. The summed E-state index contributed by atoms with van der Waals surface area (Å²) in [4.78, 5) is 12.9. The van der Waals surface area contributed by atoms with Gasteiger partial charge in [-0.3, -0.25) is 4.98 Å². The minimum Gasteiger partial charge on any atom is -0.475 e. The van der Waals surface area contributed by atoms with Gasteiger partial charge in [-0.2, -0.15) is 0 Å². The Balaban J connectivity index is 1.88. The van der Waals surface area contributed by atoms with Crippen LogP contribution < -0.4 is 4.74 Å². The monoisotopic (exact) mass is 283 g/mol. The van der Waals surface area contributed by atoms with Gasteiger partial charge in [-0.05, 0) is 30.2 Å². The molecule has 1 aliphatic rings. The van der Waals surface area contributed by atoms with E-state index in [1.807, 2.05) is 24.3 Å². The van der Waals surface area contributed by atoms with Crippen molar-refractivity contribution >= 4 is 5.90 Å². The summed E-state index contributed by atoms with van der Waals surface area (Å²) >= 11 is 0. The molecule has 5 heteroatoms. The van der Waals surface area contributed by atoms with Gasteiger partial charge in [0.1, 0.15) is 12.4 Å². The highest BCUT2D eigenvalue weighted by molar-refractivity contribution is 5.97. The Bertz CT molecular complexity index is 641. The van der Waals surface area contributed by atoms with E-state index in [1.165, 1.54) is 0 Å². The normalized spacial score (nSPS) is 17.5. The molecular formula is C16H17N3O2. The zero-order chi connectivity index (χ0) is 14.7. The molecule has 2 aromatic heterocycles. The van der Waals surface area contributed by atoms with E-state index in [0.29, 0.717) is 30.1 Å². The first-order valence-corrected chi connectivity index (χ1v) is 6.98. The van der Waals surface area contributed by atoms with E-state index in [0.717, 1.165) is 5.56 Å². The lowest BCUT2D eigenvalue weighted by Gasteiger charge is -2.08. The Morgan fingerprint density at radius 2 is 2.10 bits per heavy atom. The average Bonchev–Trinajstić information content (AvgIpc) is 2.99. The van der Waals surface area contributed by atoms with Gasteiger partial charge in [-0.25, -0.2) is 9.98 Å². The van der Waals surface area contributed by atoms with Gasteiger partial charge in [-0.1, -0.05) is 13.8 Å². The van der Waals surface area contributed by atoms with Crippen molar-refractivity contribution in [2.24, 2.45) is 10.9 Å². The lowest BCUT2D eigenvalue weighted by atomic mass is 10.1. The fourth-order valence-electron chi connectivity index (χ4n) is 2.03. The highest BCUT2D eigenvalue weighted by Crippen LogP contribution is 2.26. The van der Waals surface area contributed by atoms with Gasteiger partial charge >= 0.3 is 0 Å². The van der Waals surface area contributed by atoms with Crippen molar-refractivity contribution in [1.82, 2.24) is 9.97 Å². The Kier molecular flexibility index (Phi) is 3.81. The number of nitrogens with zero attached hydrogens (tertiary/aromatic N) is 3. The summed E-state index contributed by atoms with van der Waals surface area (Å²) in [5.74, 6) is 2.16. The van der Waals surface area contributed by atoms with Crippen LogP contribution in [0.2, 0.25) is 0 Å². The van der Waals surface area contributed by atoms with E-state index in [4.69, 9.17) is 9.47 Å². The van der Waals surface area contributed by atoms with E-state index in [1.54, 1.807) is 18.6 Å². The molecule has 3 heterocycles. The van der Waals surface area contributed by atoms with Crippen LogP contribution in [0.4, 0.5) is 0 Å². The molecule has 21 heavy (non-hydrogen) atoms. The molecule has 1 aliphatic heterocycles. The zero-order valence-corrected chi connectivity index (χ0v) is 12.1. The Hall–Kier alpha value is -2.43. The molecule has 0 fully saturated rings. The van der Waals surface area contributed by atoms with Crippen LogP contribution >= 0.6 is 0 Å². The molecule has 5 nitrogen and oxygen atoms in total. The van der Waals surface area contributed by atoms with Gasteiger partial charge < -0.3 is 9.47 Å². The van der Waals surface area contributed by atoms with Crippen molar-refractivity contribution in [2.45, 2.75) is 19.9 Å². The SMILES string of the molecule is CC(C)[C@@H]1COC(c2cccnc2Oc2cccnc2)=N1. The summed E-state index contributed by atoms with van der Waals surface area (Å²) in [6, 6.07) is 7.59. The van der Waals surface area contributed by atoms with Gasteiger partial charge in [0.25, 0.3) is 0 Å². The summed E-state index contributed by atoms with van der Waals surface area (Å²) in [6.07, 6.45) is 5.03. The number of hydrogen-bond donors (Lipinski definition) is 0. The molecule has 0 N–H and O–H groups in total. The van der Waals surface area contributed by atoms with E-state index >= 15 is 0 Å². The van der Waals surface area contributed by atoms with Crippen LogP contribution in [0, 0.1) is 5.92 Å². The van der Waals surface area contributed by atoms with Crippen LogP contribution in [0.15, 0.2) is 47.8 Å². The first-order valence-electron chi connectivity index (χ1n) is 6.98. The van der Waals surface area contributed by atoms with Crippen LogP contribution in [-0.4, -0.2) is 28.5 Å². The van der Waals surface area contributed by atoms with Gasteiger partial charge in [0, 0.05) is 12.4 Å². The predicted octanol–water partition coefficient (Wildman–Crippen LogP) is 3.07. The molecule has 0 aromatic carbocycles. The third-order valence-corrected chi connectivity index (χ3v) is 3.29. The van der Waals surface area contributed by atoms with E-state index < -0.39 is 0 Å². The smallest absolute Gasteiger partial charge is 0.232 e. The maximum absolute atomic E-state index is 5.78. The van der Waals surface area contributed by atoms with Crippen molar-refractivity contribution in [2.75, 3.05) is 6.61 Å². The van der Waals surface area contributed by atoms with Gasteiger partial charge in [0.05, 0.1) is 17.8 Å². The minimum atomic E-state index is 0.187. The number of aromatic nitrogens is 2. The van der Waals surface area contributed by atoms with E-state index in [-0.39, 0.29) is 6.04 Å². The second-order valence-corrected chi connectivity index (χ2v) is 5.20. The van der Waals surface area contributed by atoms with Crippen molar-refractivity contribution in [3.05, 3.63) is 48.4 Å². The van der Waals surface area contributed by atoms with Crippen molar-refractivity contribution in [3.8, 4) is 11.6 Å². The second kappa shape index (κ2) is 5.91. The quantitative estimate of drug-likeness (QED) is 0.865. The lowest BCUT2D eigenvalue weighted by molar-refractivity contribution is 0.291. The molecule has 0 spiro atoms. The molecule has 0 aliphatic carbocycles. The largest absolute Gasteiger partial charge is 0.475 e. The molecule has 0 amide bonds. The predicted molar refractivity (Wildman–Crippen MR) is 79.7 cm³/mol. The maximum atomic E-state index is 5.78. The van der Waals surface area contributed by atoms with E-state index in [2.05, 4.69) is 28.8 Å². The summed E-state index contributed by atoms with van der Waals surface area (Å²) in [7, 11) is 0. The molecule has 0 unspecified atom stereocenters. The van der Waals surface area contributed by atoms with Crippen LogP contribution in [0.1, 0.15) is 19.4 Å². The number of aliphatic imine (C=N–C) groups is 1. The third kappa shape index (κ3) is 3.02. The molecule has 2 aromatic rings. The molecule has 0 radical (unpaired) electrons. The van der Waals surface area contributed by atoms with Crippen molar-refractivity contribution in [3.63, 3.8) is 0 Å². The molecule has 0 bridgehead atoms. The van der Waals surface area contributed by atoms with Gasteiger partial charge in [0.2, 0.25) is 11.8 Å². The summed E-state index contributed by atoms with van der Waals surface area (Å²) in [6.45, 7) is 4.88. The molecule has 1 atom stereocenters. The topological polar surface area (TPSA) is 56.6 Å². The van der Waals surface area contributed by atoms with Crippen molar-refractivity contribution < 1.29 is 9.47 Å². The van der Waals surface area contributed by atoms with Crippen LogP contribution in [0.3, 0.4) is 0 Å². The lowest BCUT2D eigenvalue weighted by Crippen LogP contribution is -2.13. The Labute approximate surface area is 123 Å². The Morgan fingerprint density at radius 3 is 2.81 bits per heavy atom. The number of ether oxygens (including phenoxy) is 2. The number of pyridine rings is 2. The van der Waals surface area contributed by atoms with Crippen LogP contribution in [0.25, 0.3) is 0 Å². The summed E-state index contributed by atoms with van der Waals surface area (Å²) in [5, 5.41) is 0. The molecular weight excluding hydrogens is 266 g/mol. The maximum Gasteiger partial charge on any atom is 0.232 e. The van der Waals surface area contributed by atoms with Gasteiger partial charge in [0.15, 0.2) is 0 Å². The average molecular weight is 283 g/mol. The summed E-state index contributed by atoms with van der Waals surface area (Å²) in [5.41, 5.74) is 0.768. The van der Waals surface area contributed by atoms with E-state index in [9.17, 15) is 0 Å². The number of rotatable bonds is 4. The van der Waals surface area contributed by atoms with Crippen LogP contribution in [0.5, 0.6) is 11.6 Å². The first-order chi connectivity index (χ1) is 10.2. The zero-order valence-electron chi connectivity index (χ0n) is 12.1.